The highest BCUT2D eigenvalue weighted by atomic mass is 32.2. The third kappa shape index (κ3) is 2.39. The van der Waals surface area contributed by atoms with Gasteiger partial charge in [-0.25, -0.2) is 0 Å². The molecule has 0 aliphatic carbocycles. The lowest BCUT2D eigenvalue weighted by molar-refractivity contribution is 0.357. The van der Waals surface area contributed by atoms with Crippen molar-refractivity contribution in [3.63, 3.8) is 0 Å². The van der Waals surface area contributed by atoms with Crippen LogP contribution < -0.4 is 10.1 Å². The third-order valence-electron chi connectivity index (χ3n) is 3.65. The maximum absolute atomic E-state index is 5.53. The minimum Gasteiger partial charge on any atom is -0.493 e. The zero-order chi connectivity index (χ0) is 11.7. The first kappa shape index (κ1) is 11.3. The molecule has 2 aliphatic rings. The molecule has 0 saturated carbocycles. The molecule has 3 heteroatoms. The van der Waals surface area contributed by atoms with E-state index >= 15 is 0 Å². The van der Waals surface area contributed by atoms with Gasteiger partial charge in [0, 0.05) is 23.4 Å². The van der Waals surface area contributed by atoms with Crippen molar-refractivity contribution in [3.05, 3.63) is 23.8 Å². The first-order valence-corrected chi connectivity index (χ1v) is 7.52. The second-order valence-corrected chi connectivity index (χ2v) is 6.38. The number of benzene rings is 1. The predicted octanol–water partition coefficient (Wildman–Crippen LogP) is 3.32. The maximum Gasteiger partial charge on any atom is 0.122 e. The summed E-state index contributed by atoms with van der Waals surface area (Å²) in [5, 5.41) is 4.40. The highest BCUT2D eigenvalue weighted by Gasteiger charge is 2.22. The van der Waals surface area contributed by atoms with Crippen LogP contribution in [0.2, 0.25) is 0 Å². The molecule has 17 heavy (non-hydrogen) atoms. The summed E-state index contributed by atoms with van der Waals surface area (Å²) in [6, 6.07) is 7.13. The van der Waals surface area contributed by atoms with Crippen LogP contribution >= 0.6 is 11.8 Å². The van der Waals surface area contributed by atoms with Crippen LogP contribution in [0.15, 0.2) is 18.2 Å². The maximum atomic E-state index is 5.53. The van der Waals surface area contributed by atoms with Crippen LogP contribution in [0, 0.1) is 0 Å². The Morgan fingerprint density at radius 2 is 2.35 bits per heavy atom. The van der Waals surface area contributed by atoms with Crippen molar-refractivity contribution in [3.8, 4) is 5.75 Å². The Labute approximate surface area is 107 Å². The van der Waals surface area contributed by atoms with Gasteiger partial charge in [-0.3, -0.25) is 0 Å². The van der Waals surface area contributed by atoms with Crippen LogP contribution in [0.5, 0.6) is 5.75 Å². The molecule has 0 amide bonds. The molecule has 0 spiro atoms. The lowest BCUT2D eigenvalue weighted by atomic mass is 10.1. The summed E-state index contributed by atoms with van der Waals surface area (Å²) in [5.74, 6) is 2.39. The van der Waals surface area contributed by atoms with E-state index < -0.39 is 0 Å². The Balaban J connectivity index is 1.72. The number of rotatable bonds is 2. The number of fused-ring (bicyclic) bond motifs is 1. The standard InChI is InChI=1S/C14H19NOS/c1-10-13(3-2-8-17-10)15-12-4-5-14-11(9-12)6-7-16-14/h4-5,9-10,13,15H,2-3,6-8H2,1H3. The van der Waals surface area contributed by atoms with Gasteiger partial charge >= 0.3 is 0 Å². The van der Waals surface area contributed by atoms with E-state index in [2.05, 4.69) is 42.2 Å². The van der Waals surface area contributed by atoms with Crippen molar-refractivity contribution >= 4 is 17.4 Å². The fourth-order valence-electron chi connectivity index (χ4n) is 2.60. The fourth-order valence-corrected chi connectivity index (χ4v) is 3.74. The van der Waals surface area contributed by atoms with Gasteiger partial charge in [0.15, 0.2) is 0 Å². The smallest absolute Gasteiger partial charge is 0.122 e. The minimum atomic E-state index is 0.620. The molecule has 2 aliphatic heterocycles. The van der Waals surface area contributed by atoms with E-state index in [-0.39, 0.29) is 0 Å². The van der Waals surface area contributed by atoms with Crippen molar-refractivity contribution in [2.45, 2.75) is 37.5 Å². The van der Waals surface area contributed by atoms with Crippen molar-refractivity contribution in [1.82, 2.24) is 0 Å². The summed E-state index contributed by atoms with van der Waals surface area (Å²) in [6.07, 6.45) is 3.68. The first-order chi connectivity index (χ1) is 8.33. The van der Waals surface area contributed by atoms with Gasteiger partial charge in [-0.05, 0) is 42.4 Å². The van der Waals surface area contributed by atoms with Gasteiger partial charge in [0.05, 0.1) is 6.61 Å². The van der Waals surface area contributed by atoms with Gasteiger partial charge in [-0.1, -0.05) is 6.92 Å². The summed E-state index contributed by atoms with van der Waals surface area (Å²) in [7, 11) is 0. The van der Waals surface area contributed by atoms with E-state index in [0.29, 0.717) is 11.3 Å². The molecule has 2 atom stereocenters. The van der Waals surface area contributed by atoms with Crippen LogP contribution in [0.1, 0.15) is 25.3 Å². The van der Waals surface area contributed by atoms with Gasteiger partial charge in [-0.15, -0.1) is 0 Å². The molecule has 3 rings (SSSR count). The van der Waals surface area contributed by atoms with Crippen molar-refractivity contribution in [2.24, 2.45) is 0 Å². The van der Waals surface area contributed by atoms with Gasteiger partial charge in [0.1, 0.15) is 5.75 Å². The number of anilines is 1. The second kappa shape index (κ2) is 4.81. The van der Waals surface area contributed by atoms with Crippen LogP contribution in [0.4, 0.5) is 5.69 Å². The Morgan fingerprint density at radius 3 is 3.24 bits per heavy atom. The lowest BCUT2D eigenvalue weighted by Gasteiger charge is -2.30. The topological polar surface area (TPSA) is 21.3 Å². The van der Waals surface area contributed by atoms with Gasteiger partial charge in [0.2, 0.25) is 0 Å². The Hall–Kier alpha value is -0.830. The molecule has 1 saturated heterocycles. The molecule has 0 radical (unpaired) electrons. The summed E-state index contributed by atoms with van der Waals surface area (Å²) in [5.41, 5.74) is 2.61. The van der Waals surface area contributed by atoms with Crippen LogP contribution in [-0.2, 0) is 6.42 Å². The van der Waals surface area contributed by atoms with Gasteiger partial charge < -0.3 is 10.1 Å². The van der Waals surface area contributed by atoms with Gasteiger partial charge in [-0.2, -0.15) is 11.8 Å². The Kier molecular flexibility index (Phi) is 3.19. The molecule has 2 nitrogen and oxygen atoms in total. The van der Waals surface area contributed by atoms with Crippen LogP contribution in [-0.4, -0.2) is 23.7 Å². The van der Waals surface area contributed by atoms with Crippen molar-refractivity contribution in [1.29, 1.82) is 0 Å². The van der Waals surface area contributed by atoms with E-state index in [0.717, 1.165) is 18.8 Å². The molecule has 2 unspecified atom stereocenters. The molecule has 1 aromatic rings. The first-order valence-electron chi connectivity index (χ1n) is 6.47. The van der Waals surface area contributed by atoms with Crippen LogP contribution in [0.25, 0.3) is 0 Å². The Morgan fingerprint density at radius 1 is 1.41 bits per heavy atom. The van der Waals surface area contributed by atoms with E-state index in [1.807, 2.05) is 0 Å². The molecular formula is C14H19NOS. The normalized spacial score (nSPS) is 27.4. The van der Waals surface area contributed by atoms with E-state index in [9.17, 15) is 0 Å². The lowest BCUT2D eigenvalue weighted by Crippen LogP contribution is -2.32. The summed E-state index contributed by atoms with van der Waals surface area (Å²) in [6.45, 7) is 3.17. The number of nitrogens with one attached hydrogen (secondary N) is 1. The highest BCUT2D eigenvalue weighted by Crippen LogP contribution is 2.31. The molecule has 1 aromatic carbocycles. The second-order valence-electron chi connectivity index (χ2n) is 4.89. The zero-order valence-corrected chi connectivity index (χ0v) is 11.1. The highest BCUT2D eigenvalue weighted by molar-refractivity contribution is 8.00. The summed E-state index contributed by atoms with van der Waals surface area (Å²) < 4.78 is 5.53. The third-order valence-corrected chi connectivity index (χ3v) is 5.03. The van der Waals surface area contributed by atoms with E-state index in [1.54, 1.807) is 0 Å². The quantitative estimate of drug-likeness (QED) is 0.869. The van der Waals surface area contributed by atoms with Crippen molar-refractivity contribution in [2.75, 3.05) is 17.7 Å². The Bertz CT molecular complexity index is 407. The molecule has 1 N–H and O–H groups in total. The molecule has 0 bridgehead atoms. The fraction of sp³-hybridized carbons (Fsp3) is 0.571. The largest absolute Gasteiger partial charge is 0.493 e. The number of thioether (sulfide) groups is 1. The molecule has 92 valence electrons. The minimum absolute atomic E-state index is 0.620. The van der Waals surface area contributed by atoms with Gasteiger partial charge in [0.25, 0.3) is 0 Å². The average molecular weight is 249 g/mol. The number of hydrogen-bond acceptors (Lipinski definition) is 3. The number of ether oxygens (including phenoxy) is 1. The molecule has 2 heterocycles. The molecule has 0 aromatic heterocycles. The average Bonchev–Trinajstić information content (AvgIpc) is 2.79. The monoisotopic (exact) mass is 249 g/mol. The molecule has 1 fully saturated rings. The summed E-state index contributed by atoms with van der Waals surface area (Å²) >= 11 is 2.08. The van der Waals surface area contributed by atoms with E-state index in [1.165, 1.54) is 29.8 Å². The SMILES string of the molecule is CC1SCCCC1Nc1ccc2c(c1)CCO2. The molecular weight excluding hydrogens is 230 g/mol. The number of hydrogen-bond donors (Lipinski definition) is 1. The predicted molar refractivity (Wildman–Crippen MR) is 74.2 cm³/mol. The summed E-state index contributed by atoms with van der Waals surface area (Å²) in [4.78, 5) is 0. The zero-order valence-electron chi connectivity index (χ0n) is 10.2. The van der Waals surface area contributed by atoms with Crippen molar-refractivity contribution < 1.29 is 4.74 Å². The van der Waals surface area contributed by atoms with E-state index in [4.69, 9.17) is 4.74 Å². The van der Waals surface area contributed by atoms with Crippen LogP contribution in [0.3, 0.4) is 0 Å².